The third kappa shape index (κ3) is 51.0. The molecule has 11 heteroatoms. The zero-order valence-electron chi connectivity index (χ0n) is 5.55. The summed E-state index contributed by atoms with van der Waals surface area (Å²) in [5.41, 5.74) is 0. The molecule has 0 aromatic heterocycles. The van der Waals surface area contributed by atoms with E-state index in [4.69, 9.17) is 24.6 Å². The Morgan fingerprint density at radius 2 is 1.33 bits per heavy atom. The molecule has 0 bridgehead atoms. The number of carbonyl (C=O) groups is 1. The van der Waals surface area contributed by atoms with Gasteiger partial charge in [-0.1, -0.05) is 0 Å². The van der Waals surface area contributed by atoms with E-state index in [9.17, 15) is 8.92 Å². The van der Waals surface area contributed by atoms with E-state index in [0.717, 1.165) is 0 Å². The molecule has 0 radical (unpaired) electrons. The molecule has 0 aliphatic carbocycles. The molecule has 0 spiro atoms. The van der Waals surface area contributed by atoms with Gasteiger partial charge in [0.25, 0.3) is 0 Å². The smallest absolute Gasteiger partial charge is 0.652 e. The molecule has 0 saturated heterocycles. The maximum atomic E-state index is 9.44. The molecule has 0 aromatic carbocycles. The number of carboxylic acid groups (broad SMARTS) is 2. The van der Waals surface area contributed by atoms with Crippen LogP contribution in [0, 0.1) is 0 Å². The largest absolute Gasteiger partial charge is 2.00 e. The summed E-state index contributed by atoms with van der Waals surface area (Å²) in [4.78, 5) is 23.8. The summed E-state index contributed by atoms with van der Waals surface area (Å²) >= 11 is 0. The van der Waals surface area contributed by atoms with Crippen molar-refractivity contribution in [3.05, 3.63) is 0 Å². The second-order valence-electron chi connectivity index (χ2n) is 0.884. The molecule has 0 rings (SSSR count). The molecule has 0 unspecified atom stereocenters. The van der Waals surface area contributed by atoms with Crippen molar-refractivity contribution < 1.29 is 37.6 Å². The maximum absolute atomic E-state index is 9.44. The van der Waals surface area contributed by atoms with Gasteiger partial charge in [-0.25, -0.2) is 0 Å². The molecule has 0 heterocycles. The third-order valence-corrected chi connectivity index (χ3v) is 1.57. The van der Waals surface area contributed by atoms with Gasteiger partial charge in [0.1, 0.15) is 0 Å². The van der Waals surface area contributed by atoms with Gasteiger partial charge < -0.3 is 28.7 Å². The van der Waals surface area contributed by atoms with E-state index >= 15 is 0 Å². The average Bonchev–Trinajstić information content (AvgIpc) is 1.56. The third-order valence-electron chi connectivity index (χ3n) is 0.175. The Labute approximate surface area is 99.2 Å². The van der Waals surface area contributed by atoms with Crippen LogP contribution in [0.4, 0.5) is 4.79 Å². The first-order valence-electron chi connectivity index (χ1n) is 1.88. The molecule has 0 atom stereocenters. The van der Waals surface area contributed by atoms with Crippen LogP contribution in [0.5, 0.6) is 0 Å². The van der Waals surface area contributed by atoms with Gasteiger partial charge in [0.15, 0.2) is 0 Å². The molecule has 0 fully saturated rings. The summed E-state index contributed by atoms with van der Waals surface area (Å²) in [7, 11) is -6.40. The molecule has 0 saturated carbocycles. The van der Waals surface area contributed by atoms with Gasteiger partial charge in [-0.05, 0) is 6.16 Å². The minimum atomic E-state index is -3.20. The van der Waals surface area contributed by atoms with Gasteiger partial charge in [0.2, 0.25) is 0 Å². The van der Waals surface area contributed by atoms with E-state index in [-0.39, 0.29) is 37.7 Å². The molecular formula is CH2CaO8Si2. The van der Waals surface area contributed by atoms with Crippen LogP contribution in [0.15, 0.2) is 0 Å². The normalized spacial score (nSPS) is 6.33. The predicted octanol–water partition coefficient (Wildman–Crippen LogP) is -5.01. The van der Waals surface area contributed by atoms with Crippen LogP contribution in [0.1, 0.15) is 0 Å². The molecular weight excluding hydrogens is 236 g/mol. The Kier molecular flexibility index (Phi) is 16.4. The molecule has 0 aliphatic rings. The van der Waals surface area contributed by atoms with Crippen LogP contribution < -0.4 is 10.2 Å². The predicted molar refractivity (Wildman–Crippen MR) is 29.6 cm³/mol. The van der Waals surface area contributed by atoms with Crippen molar-refractivity contribution in [2.45, 2.75) is 0 Å². The Bertz CT molecular complexity index is 150. The van der Waals surface area contributed by atoms with Gasteiger partial charge in [-0.3, -0.25) is 8.92 Å². The Morgan fingerprint density at radius 3 is 1.33 bits per heavy atom. The molecule has 8 nitrogen and oxygen atoms in total. The van der Waals surface area contributed by atoms with Crippen LogP contribution in [-0.4, -0.2) is 71.8 Å². The van der Waals surface area contributed by atoms with E-state index in [0.29, 0.717) is 0 Å². The number of carbonyl (C=O) groups excluding carboxylic acids is 1. The minimum absolute atomic E-state index is 0. The van der Waals surface area contributed by atoms with Crippen molar-refractivity contribution >= 4 is 62.2 Å². The van der Waals surface area contributed by atoms with Crippen molar-refractivity contribution in [3.63, 3.8) is 0 Å². The van der Waals surface area contributed by atoms with E-state index in [2.05, 4.69) is 4.12 Å². The zero-order chi connectivity index (χ0) is 9.44. The second kappa shape index (κ2) is 11.0. The fourth-order valence-electron chi connectivity index (χ4n) is 0.0747. The number of rotatable bonds is 2. The SMILES string of the molecule is O=C([O-])[O-].O=[Si](O)O[Si](=O)O.[Ca+2]. The number of hydrogen-bond donors (Lipinski definition) is 2. The first kappa shape index (κ1) is 17.9. The topological polar surface area (TPSA) is 147 Å². The Balaban J connectivity index is -0.000000142. The van der Waals surface area contributed by atoms with Gasteiger partial charge in [-0.2, -0.15) is 0 Å². The van der Waals surface area contributed by atoms with Crippen LogP contribution in [0.25, 0.3) is 0 Å². The zero-order valence-corrected chi connectivity index (χ0v) is 9.76. The van der Waals surface area contributed by atoms with E-state index in [1.807, 2.05) is 0 Å². The van der Waals surface area contributed by atoms with Gasteiger partial charge in [0, 0.05) is 0 Å². The quantitative estimate of drug-likeness (QED) is 0.454. The van der Waals surface area contributed by atoms with Crippen LogP contribution in [-0.2, 0) is 13.0 Å². The summed E-state index contributed by atoms with van der Waals surface area (Å²) in [6.45, 7) is 0. The molecule has 0 aliphatic heterocycles. The maximum Gasteiger partial charge on any atom is 2.00 e. The summed E-state index contributed by atoms with van der Waals surface area (Å²) in [5, 5.41) is 16.7. The Morgan fingerprint density at radius 1 is 1.17 bits per heavy atom. The van der Waals surface area contributed by atoms with E-state index < -0.39 is 24.5 Å². The second-order valence-corrected chi connectivity index (χ2v) is 2.76. The van der Waals surface area contributed by atoms with Crippen molar-refractivity contribution in [2.24, 2.45) is 0 Å². The Hall–Kier alpha value is -0.0365. The fraction of sp³-hybridized carbons (Fsp3) is 0. The monoisotopic (exact) mass is 238 g/mol. The standard InChI is InChI=1S/CH2O3.Ca.H2O5Si2/c2-1(3)4;;1-6(2)5-7(3)4/h(H2,2,3,4);;1,3H/q;+2;/p-2. The number of hydrogen-bond acceptors (Lipinski definition) is 6. The van der Waals surface area contributed by atoms with Crippen molar-refractivity contribution in [1.29, 1.82) is 0 Å². The van der Waals surface area contributed by atoms with Crippen LogP contribution in [0.2, 0.25) is 0 Å². The minimum Gasteiger partial charge on any atom is -0.652 e. The van der Waals surface area contributed by atoms with Crippen LogP contribution >= 0.6 is 0 Å². The van der Waals surface area contributed by atoms with Gasteiger partial charge >= 0.3 is 56.1 Å². The summed E-state index contributed by atoms with van der Waals surface area (Å²) in [6.07, 6.45) is -2.33. The molecule has 64 valence electrons. The molecule has 0 aromatic rings. The molecule has 0 amide bonds. The van der Waals surface area contributed by atoms with E-state index in [1.54, 1.807) is 0 Å². The first-order valence-corrected chi connectivity index (χ1v) is 4.40. The van der Waals surface area contributed by atoms with Crippen molar-refractivity contribution in [3.8, 4) is 0 Å². The van der Waals surface area contributed by atoms with Crippen molar-refractivity contribution in [2.75, 3.05) is 0 Å². The molecule has 2 N–H and O–H groups in total. The van der Waals surface area contributed by atoms with Gasteiger partial charge in [-0.15, -0.1) is 0 Å². The van der Waals surface area contributed by atoms with Crippen LogP contribution in [0.3, 0.4) is 0 Å². The van der Waals surface area contributed by atoms with Gasteiger partial charge in [0.05, 0.1) is 0 Å². The summed E-state index contributed by atoms with van der Waals surface area (Å²) < 4.78 is 22.3. The van der Waals surface area contributed by atoms with Crippen molar-refractivity contribution in [1.82, 2.24) is 0 Å². The summed E-state index contributed by atoms with van der Waals surface area (Å²) in [5.74, 6) is 0. The first-order chi connectivity index (χ1) is 4.86. The fourth-order valence-corrected chi connectivity index (χ4v) is 0.672. The summed E-state index contributed by atoms with van der Waals surface area (Å²) in [6, 6.07) is 0. The molecule has 12 heavy (non-hydrogen) atoms. The van der Waals surface area contributed by atoms with E-state index in [1.165, 1.54) is 0 Å². The average molecular weight is 238 g/mol.